The number of carbonyl (C=O) groups is 1. The second-order valence-electron chi connectivity index (χ2n) is 5.77. The van der Waals surface area contributed by atoms with Crippen molar-refractivity contribution in [2.75, 3.05) is 5.32 Å². The van der Waals surface area contributed by atoms with Gasteiger partial charge >= 0.3 is 0 Å². The van der Waals surface area contributed by atoms with Gasteiger partial charge in [0, 0.05) is 35.6 Å². The third kappa shape index (κ3) is 3.06. The molecule has 0 unspecified atom stereocenters. The quantitative estimate of drug-likeness (QED) is 0.789. The van der Waals surface area contributed by atoms with Crippen LogP contribution in [0.15, 0.2) is 48.7 Å². The van der Waals surface area contributed by atoms with Crippen molar-refractivity contribution in [2.45, 2.75) is 13.8 Å². The topological polar surface area (TPSA) is 46.9 Å². The minimum atomic E-state index is -0.395. The molecule has 24 heavy (non-hydrogen) atoms. The summed E-state index contributed by atoms with van der Waals surface area (Å²) in [5.41, 5.74) is 3.84. The van der Waals surface area contributed by atoms with Crippen molar-refractivity contribution in [1.29, 1.82) is 0 Å². The van der Waals surface area contributed by atoms with Crippen molar-refractivity contribution in [3.63, 3.8) is 0 Å². The van der Waals surface area contributed by atoms with E-state index in [9.17, 15) is 9.18 Å². The summed E-state index contributed by atoms with van der Waals surface area (Å²) in [4.78, 5) is 12.3. The molecule has 0 aliphatic carbocycles. The Bertz CT molecular complexity index is 915. The lowest BCUT2D eigenvalue weighted by Gasteiger charge is -2.09. The summed E-state index contributed by atoms with van der Waals surface area (Å²) >= 11 is 0. The summed E-state index contributed by atoms with van der Waals surface area (Å²) in [6, 6.07) is 12.0. The molecule has 1 N–H and O–H groups in total. The molecular formula is C19H18FN3O. The van der Waals surface area contributed by atoms with Gasteiger partial charge in [-0.15, -0.1) is 0 Å². The van der Waals surface area contributed by atoms with Crippen LogP contribution in [0.3, 0.4) is 0 Å². The van der Waals surface area contributed by atoms with E-state index in [0.29, 0.717) is 16.8 Å². The number of nitrogens with one attached hydrogen (secondary N) is 1. The number of benzene rings is 2. The highest BCUT2D eigenvalue weighted by molar-refractivity contribution is 6.05. The first kappa shape index (κ1) is 15.9. The van der Waals surface area contributed by atoms with Crippen LogP contribution < -0.4 is 5.32 Å². The highest BCUT2D eigenvalue weighted by atomic mass is 19.1. The molecule has 0 aliphatic rings. The van der Waals surface area contributed by atoms with Gasteiger partial charge in [0.2, 0.25) is 0 Å². The number of rotatable bonds is 3. The first-order chi connectivity index (χ1) is 11.5. The summed E-state index contributed by atoms with van der Waals surface area (Å²) in [6.07, 6.45) is 1.78. The monoisotopic (exact) mass is 323 g/mol. The lowest BCUT2D eigenvalue weighted by atomic mass is 10.1. The van der Waals surface area contributed by atoms with E-state index >= 15 is 0 Å². The first-order valence-electron chi connectivity index (χ1n) is 7.63. The van der Waals surface area contributed by atoms with Crippen molar-refractivity contribution in [1.82, 2.24) is 9.78 Å². The molecule has 0 saturated carbocycles. The van der Waals surface area contributed by atoms with Crippen LogP contribution in [-0.2, 0) is 7.05 Å². The molecule has 0 radical (unpaired) electrons. The molecule has 2 aromatic carbocycles. The van der Waals surface area contributed by atoms with Crippen molar-refractivity contribution in [2.24, 2.45) is 7.05 Å². The summed E-state index contributed by atoms with van der Waals surface area (Å²) in [5, 5.41) is 6.97. The molecule has 1 amide bonds. The van der Waals surface area contributed by atoms with Crippen LogP contribution >= 0.6 is 0 Å². The van der Waals surface area contributed by atoms with Crippen LogP contribution in [0, 0.1) is 19.7 Å². The third-order valence-corrected chi connectivity index (χ3v) is 3.92. The van der Waals surface area contributed by atoms with Gasteiger partial charge in [0.15, 0.2) is 0 Å². The Morgan fingerprint density at radius 1 is 1.12 bits per heavy atom. The average Bonchev–Trinajstić information content (AvgIpc) is 2.86. The lowest BCUT2D eigenvalue weighted by molar-refractivity contribution is 0.102. The van der Waals surface area contributed by atoms with E-state index in [1.165, 1.54) is 6.07 Å². The largest absolute Gasteiger partial charge is 0.322 e. The van der Waals surface area contributed by atoms with Crippen molar-refractivity contribution < 1.29 is 9.18 Å². The molecule has 0 atom stereocenters. The minimum Gasteiger partial charge on any atom is -0.322 e. The maximum absolute atomic E-state index is 14.5. The van der Waals surface area contributed by atoms with E-state index in [-0.39, 0.29) is 5.91 Å². The number of anilines is 1. The summed E-state index contributed by atoms with van der Waals surface area (Å²) in [6.45, 7) is 3.70. The van der Waals surface area contributed by atoms with Gasteiger partial charge in [0.05, 0.1) is 5.69 Å². The van der Waals surface area contributed by atoms with Crippen LogP contribution in [0.25, 0.3) is 11.1 Å². The number of hydrogen-bond donors (Lipinski definition) is 1. The fraction of sp³-hybridized carbons (Fsp3) is 0.158. The zero-order valence-corrected chi connectivity index (χ0v) is 13.8. The van der Waals surface area contributed by atoms with Gasteiger partial charge in [-0.25, -0.2) is 4.39 Å². The van der Waals surface area contributed by atoms with E-state index < -0.39 is 5.82 Å². The number of halogens is 1. The molecule has 4 nitrogen and oxygen atoms in total. The molecule has 0 bridgehead atoms. The van der Waals surface area contributed by atoms with Gasteiger partial charge in [-0.3, -0.25) is 9.48 Å². The van der Waals surface area contributed by atoms with Crippen molar-refractivity contribution in [3.8, 4) is 11.1 Å². The zero-order chi connectivity index (χ0) is 17.3. The van der Waals surface area contributed by atoms with Crippen LogP contribution in [0.1, 0.15) is 21.6 Å². The second-order valence-corrected chi connectivity index (χ2v) is 5.77. The Morgan fingerprint density at radius 2 is 1.88 bits per heavy atom. The average molecular weight is 323 g/mol. The molecule has 0 aliphatic heterocycles. The predicted octanol–water partition coefficient (Wildman–Crippen LogP) is 4.10. The summed E-state index contributed by atoms with van der Waals surface area (Å²) in [7, 11) is 1.80. The molecule has 0 fully saturated rings. The van der Waals surface area contributed by atoms with Gasteiger partial charge in [-0.05, 0) is 43.7 Å². The fourth-order valence-corrected chi connectivity index (χ4v) is 2.70. The molecule has 1 heterocycles. The van der Waals surface area contributed by atoms with Crippen LogP contribution in [0.2, 0.25) is 0 Å². The van der Waals surface area contributed by atoms with Gasteiger partial charge < -0.3 is 5.32 Å². The molecule has 5 heteroatoms. The maximum atomic E-state index is 14.5. The number of nitrogens with zero attached hydrogens (tertiary/aromatic N) is 2. The first-order valence-corrected chi connectivity index (χ1v) is 7.63. The van der Waals surface area contributed by atoms with Crippen LogP contribution in [0.4, 0.5) is 10.1 Å². The molecule has 0 saturated heterocycles. The summed E-state index contributed by atoms with van der Waals surface area (Å²) in [5.74, 6) is -0.647. The van der Waals surface area contributed by atoms with Gasteiger partial charge in [0.1, 0.15) is 5.82 Å². The smallest absolute Gasteiger partial charge is 0.255 e. The maximum Gasteiger partial charge on any atom is 0.255 e. The van der Waals surface area contributed by atoms with Crippen LogP contribution in [0.5, 0.6) is 0 Å². The standard InChI is InChI=1S/C19H18FN3O/c1-12-6-4-5-7-15(12)19(24)21-14-8-9-16(18(20)10-14)17-11-23(3)22-13(17)2/h4-11H,1-3H3,(H,21,24). The number of aromatic nitrogens is 2. The lowest BCUT2D eigenvalue weighted by Crippen LogP contribution is -2.13. The fourth-order valence-electron chi connectivity index (χ4n) is 2.70. The molecule has 1 aromatic heterocycles. The highest BCUT2D eigenvalue weighted by Crippen LogP contribution is 2.27. The normalized spacial score (nSPS) is 10.7. The minimum absolute atomic E-state index is 0.252. The van der Waals surface area contributed by atoms with E-state index in [1.54, 1.807) is 42.2 Å². The van der Waals surface area contributed by atoms with Gasteiger partial charge in [-0.2, -0.15) is 5.10 Å². The van der Waals surface area contributed by atoms with Gasteiger partial charge in [0.25, 0.3) is 5.91 Å². The Balaban J connectivity index is 1.86. The molecule has 3 rings (SSSR count). The molecular weight excluding hydrogens is 305 g/mol. The molecule has 122 valence electrons. The van der Waals surface area contributed by atoms with E-state index in [2.05, 4.69) is 10.4 Å². The second kappa shape index (κ2) is 6.28. The van der Waals surface area contributed by atoms with E-state index in [0.717, 1.165) is 16.8 Å². The van der Waals surface area contributed by atoms with Gasteiger partial charge in [-0.1, -0.05) is 18.2 Å². The number of aryl methyl sites for hydroxylation is 3. The number of hydrogen-bond acceptors (Lipinski definition) is 2. The third-order valence-electron chi connectivity index (χ3n) is 3.92. The number of amides is 1. The highest BCUT2D eigenvalue weighted by Gasteiger charge is 2.13. The predicted molar refractivity (Wildman–Crippen MR) is 92.5 cm³/mol. The Kier molecular flexibility index (Phi) is 4.16. The molecule has 3 aromatic rings. The zero-order valence-electron chi connectivity index (χ0n) is 13.8. The SMILES string of the molecule is Cc1ccccc1C(=O)Nc1ccc(-c2cn(C)nc2C)c(F)c1. The summed E-state index contributed by atoms with van der Waals surface area (Å²) < 4.78 is 16.1. The van der Waals surface area contributed by atoms with Crippen molar-refractivity contribution in [3.05, 3.63) is 71.3 Å². The Morgan fingerprint density at radius 3 is 2.50 bits per heavy atom. The Hall–Kier alpha value is -2.95. The van der Waals surface area contributed by atoms with Crippen LogP contribution in [-0.4, -0.2) is 15.7 Å². The number of carbonyl (C=O) groups excluding carboxylic acids is 1. The van der Waals surface area contributed by atoms with E-state index in [4.69, 9.17) is 0 Å². The molecule has 0 spiro atoms. The van der Waals surface area contributed by atoms with E-state index in [1.807, 2.05) is 26.0 Å². The van der Waals surface area contributed by atoms with Crippen molar-refractivity contribution >= 4 is 11.6 Å². The Labute approximate surface area is 139 Å².